The first-order valence-electron chi connectivity index (χ1n) is 12.9. The molecule has 202 valence electrons. The van der Waals surface area contributed by atoms with E-state index in [1.807, 2.05) is 42.5 Å². The van der Waals surface area contributed by atoms with Gasteiger partial charge < -0.3 is 9.15 Å². The summed E-state index contributed by atoms with van der Waals surface area (Å²) in [6.45, 7) is 0. The minimum atomic E-state index is -0.351. The molecule has 4 aromatic carbocycles. The number of nitrogens with one attached hydrogen (secondary N) is 1. The molecule has 0 aliphatic carbocycles. The molecule has 0 saturated carbocycles. The van der Waals surface area contributed by atoms with Crippen molar-refractivity contribution in [3.63, 3.8) is 0 Å². The van der Waals surface area contributed by atoms with Crippen LogP contribution in [0, 0.1) is 0 Å². The van der Waals surface area contributed by atoms with Gasteiger partial charge in [0.25, 0.3) is 5.91 Å². The lowest BCUT2D eigenvalue weighted by Gasteiger charge is -2.11. The summed E-state index contributed by atoms with van der Waals surface area (Å²) in [7, 11) is 1.55. The molecule has 41 heavy (non-hydrogen) atoms. The van der Waals surface area contributed by atoms with Crippen molar-refractivity contribution in [3.8, 4) is 11.4 Å². The van der Waals surface area contributed by atoms with Gasteiger partial charge in [-0.1, -0.05) is 66.7 Å². The standard InChI is InChI=1S/C32H25N5O3S/c1-39-26-15-8-12-24(19-26)31(38)35-33-21-27-17-18-30(40-27)41-32-36-34-29(37(32)25-13-3-2-4-14-25)20-23-11-7-10-22-9-5-6-16-28(22)23/h2-19,21H,20H2,1H3,(H,35,38)/b33-21-. The van der Waals surface area contributed by atoms with Crippen LogP contribution in [-0.4, -0.2) is 34.0 Å². The summed E-state index contributed by atoms with van der Waals surface area (Å²) < 4.78 is 13.2. The lowest BCUT2D eigenvalue weighted by molar-refractivity contribution is 0.0954. The Morgan fingerprint density at radius 3 is 2.63 bits per heavy atom. The highest BCUT2D eigenvalue weighted by Gasteiger charge is 2.18. The second-order valence-corrected chi connectivity index (χ2v) is 10.0. The number of ether oxygens (including phenoxy) is 1. The molecule has 0 aliphatic rings. The maximum absolute atomic E-state index is 12.4. The fourth-order valence-corrected chi connectivity index (χ4v) is 5.30. The lowest BCUT2D eigenvalue weighted by Crippen LogP contribution is -2.17. The molecular formula is C32H25N5O3S. The number of fused-ring (bicyclic) bond motifs is 1. The summed E-state index contributed by atoms with van der Waals surface area (Å²) in [6.07, 6.45) is 2.07. The molecule has 0 saturated heterocycles. The molecule has 0 spiro atoms. The Bertz CT molecular complexity index is 1840. The number of furan rings is 1. The number of para-hydroxylation sites is 1. The highest BCUT2D eigenvalue weighted by atomic mass is 32.2. The van der Waals surface area contributed by atoms with Crippen molar-refractivity contribution in [2.75, 3.05) is 7.11 Å². The highest BCUT2D eigenvalue weighted by Crippen LogP contribution is 2.31. The van der Waals surface area contributed by atoms with Crippen molar-refractivity contribution in [3.05, 3.63) is 132 Å². The number of rotatable bonds is 9. The predicted octanol–water partition coefficient (Wildman–Crippen LogP) is 6.53. The topological polar surface area (TPSA) is 94.5 Å². The number of aromatic nitrogens is 3. The number of benzene rings is 4. The Labute approximate surface area is 240 Å². The zero-order valence-corrected chi connectivity index (χ0v) is 22.9. The van der Waals surface area contributed by atoms with Crippen LogP contribution < -0.4 is 10.2 Å². The van der Waals surface area contributed by atoms with Crippen molar-refractivity contribution in [2.24, 2.45) is 5.10 Å². The number of carbonyl (C=O) groups excluding carboxylic acids is 1. The van der Waals surface area contributed by atoms with E-state index in [4.69, 9.17) is 9.15 Å². The molecule has 9 heteroatoms. The molecule has 0 unspecified atom stereocenters. The predicted molar refractivity (Wildman–Crippen MR) is 159 cm³/mol. The van der Waals surface area contributed by atoms with Gasteiger partial charge in [0.15, 0.2) is 5.09 Å². The summed E-state index contributed by atoms with van der Waals surface area (Å²) in [4.78, 5) is 12.4. The second kappa shape index (κ2) is 11.9. The van der Waals surface area contributed by atoms with Gasteiger partial charge in [-0.3, -0.25) is 9.36 Å². The molecule has 0 aliphatic heterocycles. The first kappa shape index (κ1) is 26.1. The monoisotopic (exact) mass is 559 g/mol. The fraction of sp³-hybridized carbons (Fsp3) is 0.0625. The van der Waals surface area contributed by atoms with Gasteiger partial charge in [0.1, 0.15) is 17.3 Å². The van der Waals surface area contributed by atoms with E-state index in [0.717, 1.165) is 11.5 Å². The van der Waals surface area contributed by atoms with Crippen molar-refractivity contribution in [2.45, 2.75) is 16.7 Å². The van der Waals surface area contributed by atoms with Crippen LogP contribution in [0.4, 0.5) is 0 Å². The van der Waals surface area contributed by atoms with E-state index in [-0.39, 0.29) is 5.91 Å². The molecule has 0 fully saturated rings. The molecule has 0 bridgehead atoms. The van der Waals surface area contributed by atoms with Crippen LogP contribution in [0.15, 0.2) is 129 Å². The van der Waals surface area contributed by atoms with Gasteiger partial charge in [-0.2, -0.15) is 5.10 Å². The molecule has 6 rings (SSSR count). The maximum Gasteiger partial charge on any atom is 0.271 e. The Balaban J connectivity index is 1.21. The average Bonchev–Trinajstić information content (AvgIpc) is 3.64. The molecule has 1 N–H and O–H groups in total. The zero-order valence-electron chi connectivity index (χ0n) is 22.1. The highest BCUT2D eigenvalue weighted by molar-refractivity contribution is 7.99. The van der Waals surface area contributed by atoms with Crippen molar-refractivity contribution in [1.29, 1.82) is 0 Å². The zero-order chi connectivity index (χ0) is 28.0. The Morgan fingerprint density at radius 1 is 0.951 bits per heavy atom. The summed E-state index contributed by atoms with van der Waals surface area (Å²) in [5, 5.41) is 16.8. The van der Waals surface area contributed by atoms with Crippen molar-refractivity contribution >= 4 is 34.7 Å². The summed E-state index contributed by atoms with van der Waals surface area (Å²) in [5.41, 5.74) is 5.09. The van der Waals surface area contributed by atoms with E-state index in [2.05, 4.69) is 61.7 Å². The molecule has 8 nitrogen and oxygen atoms in total. The smallest absolute Gasteiger partial charge is 0.271 e. The minimum Gasteiger partial charge on any atom is -0.497 e. The van der Waals surface area contributed by atoms with Crippen LogP contribution in [-0.2, 0) is 6.42 Å². The molecule has 1 amide bonds. The fourth-order valence-electron chi connectivity index (χ4n) is 4.47. The van der Waals surface area contributed by atoms with Gasteiger partial charge >= 0.3 is 0 Å². The molecule has 0 radical (unpaired) electrons. The van der Waals surface area contributed by atoms with Crippen LogP contribution in [0.3, 0.4) is 0 Å². The van der Waals surface area contributed by atoms with Crippen LogP contribution in [0.5, 0.6) is 5.75 Å². The molecule has 6 aromatic rings. The van der Waals surface area contributed by atoms with E-state index in [9.17, 15) is 4.79 Å². The number of nitrogens with zero attached hydrogens (tertiary/aromatic N) is 4. The summed E-state index contributed by atoms with van der Waals surface area (Å²) in [5.74, 6) is 1.55. The molecule has 2 heterocycles. The van der Waals surface area contributed by atoms with Crippen LogP contribution in [0.1, 0.15) is 27.5 Å². The summed E-state index contributed by atoms with van der Waals surface area (Å²) in [6, 6.07) is 35.2. The SMILES string of the molecule is COc1cccc(C(=O)N/N=C\c2ccc(Sc3nnc(Cc4cccc5ccccc45)n3-c3ccccc3)o2)c1. The molecule has 0 atom stereocenters. The third kappa shape index (κ3) is 5.90. The van der Waals surface area contributed by atoms with E-state index in [1.165, 1.54) is 34.3 Å². The quantitative estimate of drug-likeness (QED) is 0.160. The Hall–Kier alpha value is -5.15. The van der Waals surface area contributed by atoms with Crippen LogP contribution in [0.2, 0.25) is 0 Å². The normalized spacial score (nSPS) is 11.2. The first-order valence-corrected chi connectivity index (χ1v) is 13.7. The van der Waals surface area contributed by atoms with E-state index in [1.54, 1.807) is 37.4 Å². The minimum absolute atomic E-state index is 0.351. The van der Waals surface area contributed by atoms with E-state index < -0.39 is 0 Å². The second-order valence-electron chi connectivity index (χ2n) is 9.07. The van der Waals surface area contributed by atoms with Crippen LogP contribution in [0.25, 0.3) is 16.5 Å². The summed E-state index contributed by atoms with van der Waals surface area (Å²) >= 11 is 1.37. The third-order valence-electron chi connectivity index (χ3n) is 6.43. The van der Waals surface area contributed by atoms with Gasteiger partial charge in [0.05, 0.1) is 13.3 Å². The third-order valence-corrected chi connectivity index (χ3v) is 7.29. The molecular weight excluding hydrogens is 534 g/mol. The van der Waals surface area contributed by atoms with Gasteiger partial charge in [0, 0.05) is 17.7 Å². The first-order chi connectivity index (χ1) is 20.2. The van der Waals surface area contributed by atoms with E-state index in [0.29, 0.717) is 33.7 Å². The van der Waals surface area contributed by atoms with Gasteiger partial charge in [-0.25, -0.2) is 5.43 Å². The largest absolute Gasteiger partial charge is 0.497 e. The number of carbonyl (C=O) groups is 1. The Kier molecular flexibility index (Phi) is 7.59. The number of hydrogen-bond donors (Lipinski definition) is 1. The number of hydrazone groups is 1. The van der Waals surface area contributed by atoms with Gasteiger partial charge in [-0.15, -0.1) is 10.2 Å². The molecule has 2 aromatic heterocycles. The van der Waals surface area contributed by atoms with Gasteiger partial charge in [0.2, 0.25) is 5.16 Å². The number of amides is 1. The lowest BCUT2D eigenvalue weighted by atomic mass is 10.0. The Morgan fingerprint density at radius 2 is 1.76 bits per heavy atom. The van der Waals surface area contributed by atoms with E-state index >= 15 is 0 Å². The van der Waals surface area contributed by atoms with Gasteiger partial charge in [-0.05, 0) is 70.6 Å². The van der Waals surface area contributed by atoms with Crippen LogP contribution >= 0.6 is 11.8 Å². The average molecular weight is 560 g/mol. The maximum atomic E-state index is 12.4. The number of hydrogen-bond acceptors (Lipinski definition) is 7. The van der Waals surface area contributed by atoms with Crippen molar-refractivity contribution < 1.29 is 13.9 Å². The number of methoxy groups -OCH3 is 1. The van der Waals surface area contributed by atoms with Crippen molar-refractivity contribution in [1.82, 2.24) is 20.2 Å².